The number of hydrogen-bond acceptors (Lipinski definition) is 7. The van der Waals surface area contributed by atoms with E-state index in [0.717, 1.165) is 37.3 Å². The van der Waals surface area contributed by atoms with E-state index in [0.29, 0.717) is 18.5 Å². The van der Waals surface area contributed by atoms with Crippen molar-refractivity contribution in [2.45, 2.75) is 58.8 Å². The monoisotopic (exact) mass is 486 g/mol. The van der Waals surface area contributed by atoms with E-state index in [4.69, 9.17) is 0 Å². The predicted octanol–water partition coefficient (Wildman–Crippen LogP) is 2.27. The molecule has 2 rings (SSSR count). The van der Waals surface area contributed by atoms with Crippen LogP contribution < -0.4 is 5.32 Å². The molecule has 0 aliphatic rings. The SMILES string of the molecule is CCN(CC)CCN(C)C(=O)Cc1cccc(CC(C)(C)NCC(O)c2ccc(O)c(CO)n2)c1. The molecule has 194 valence electrons. The number of hydrogen-bond donors (Lipinski definition) is 4. The number of nitrogens with zero attached hydrogens (tertiary/aromatic N) is 3. The summed E-state index contributed by atoms with van der Waals surface area (Å²) in [6, 6.07) is 11.1. The molecule has 0 saturated carbocycles. The molecule has 1 aromatic carbocycles. The highest BCUT2D eigenvalue weighted by Gasteiger charge is 2.21. The van der Waals surface area contributed by atoms with Crippen LogP contribution >= 0.6 is 0 Å². The first-order chi connectivity index (χ1) is 16.6. The number of carbonyl (C=O) groups excluding carboxylic acids is 1. The first kappa shape index (κ1) is 28.7. The fraction of sp³-hybridized carbons (Fsp3) is 0.556. The Balaban J connectivity index is 1.92. The molecule has 0 aliphatic carbocycles. The number of carbonyl (C=O) groups is 1. The Hall–Kier alpha value is -2.52. The van der Waals surface area contributed by atoms with Gasteiger partial charge in [0.25, 0.3) is 0 Å². The summed E-state index contributed by atoms with van der Waals surface area (Å²) in [5, 5.41) is 32.9. The Labute approximate surface area is 209 Å². The molecule has 4 N–H and O–H groups in total. The minimum Gasteiger partial charge on any atom is -0.506 e. The van der Waals surface area contributed by atoms with Crippen LogP contribution in [-0.4, -0.2) is 81.3 Å². The van der Waals surface area contributed by atoms with Crippen molar-refractivity contribution in [1.82, 2.24) is 20.1 Å². The minimum atomic E-state index is -0.879. The summed E-state index contributed by atoms with van der Waals surface area (Å²) in [6.45, 7) is 11.8. The van der Waals surface area contributed by atoms with E-state index < -0.39 is 12.7 Å². The lowest BCUT2D eigenvalue weighted by Crippen LogP contribution is -2.43. The maximum absolute atomic E-state index is 12.7. The lowest BCUT2D eigenvalue weighted by Gasteiger charge is -2.28. The third-order valence-electron chi connectivity index (χ3n) is 6.30. The number of aliphatic hydroxyl groups is 2. The molecule has 1 amide bonds. The van der Waals surface area contributed by atoms with Gasteiger partial charge in [-0.25, -0.2) is 4.98 Å². The van der Waals surface area contributed by atoms with Crippen molar-refractivity contribution in [3.63, 3.8) is 0 Å². The van der Waals surface area contributed by atoms with Gasteiger partial charge >= 0.3 is 0 Å². The van der Waals surface area contributed by atoms with Gasteiger partial charge in [-0.3, -0.25) is 4.79 Å². The van der Waals surface area contributed by atoms with Crippen molar-refractivity contribution in [3.8, 4) is 5.75 Å². The Morgan fingerprint density at radius 2 is 1.80 bits per heavy atom. The Kier molecular flexibility index (Phi) is 11.1. The molecular formula is C27H42N4O4. The summed E-state index contributed by atoms with van der Waals surface area (Å²) in [7, 11) is 1.86. The molecule has 0 fully saturated rings. The number of nitrogens with one attached hydrogen (secondary N) is 1. The van der Waals surface area contributed by atoms with Crippen molar-refractivity contribution in [3.05, 3.63) is 58.9 Å². The molecule has 1 heterocycles. The van der Waals surface area contributed by atoms with E-state index >= 15 is 0 Å². The molecule has 0 saturated heterocycles. The number of aromatic hydroxyl groups is 1. The standard InChI is InChI=1S/C27H42N4O4/c1-6-31(7-2)14-13-30(5)26(35)16-20-9-8-10-21(15-20)17-27(3,4)28-18-25(34)22-11-12-24(33)23(19-32)29-22/h8-12,15,25,28,32-34H,6-7,13-14,16-19H2,1-5H3. The molecule has 1 unspecified atom stereocenters. The van der Waals surface area contributed by atoms with Crippen LogP contribution in [0.5, 0.6) is 5.75 Å². The zero-order valence-electron chi connectivity index (χ0n) is 21.8. The van der Waals surface area contributed by atoms with Crippen molar-refractivity contribution in [1.29, 1.82) is 0 Å². The van der Waals surface area contributed by atoms with Crippen LogP contribution in [0.2, 0.25) is 0 Å². The van der Waals surface area contributed by atoms with E-state index in [1.165, 1.54) is 6.07 Å². The van der Waals surface area contributed by atoms with Crippen LogP contribution in [0.25, 0.3) is 0 Å². The highest BCUT2D eigenvalue weighted by atomic mass is 16.3. The minimum absolute atomic E-state index is 0.0924. The largest absolute Gasteiger partial charge is 0.506 e. The molecule has 0 radical (unpaired) electrons. The number of benzene rings is 1. The summed E-state index contributed by atoms with van der Waals surface area (Å²) in [4.78, 5) is 20.9. The zero-order valence-corrected chi connectivity index (χ0v) is 21.8. The van der Waals surface area contributed by atoms with E-state index in [1.54, 1.807) is 11.0 Å². The molecular weight excluding hydrogens is 444 g/mol. The normalized spacial score (nSPS) is 12.7. The summed E-state index contributed by atoms with van der Waals surface area (Å²) >= 11 is 0. The summed E-state index contributed by atoms with van der Waals surface area (Å²) in [6.07, 6.45) is 0.204. The van der Waals surface area contributed by atoms with Gasteiger partial charge in [0.1, 0.15) is 17.5 Å². The van der Waals surface area contributed by atoms with E-state index in [9.17, 15) is 20.1 Å². The number of likely N-dealkylation sites (N-methyl/N-ethyl adjacent to an activating group) is 2. The van der Waals surface area contributed by atoms with Gasteiger partial charge in [-0.1, -0.05) is 38.1 Å². The van der Waals surface area contributed by atoms with Crippen molar-refractivity contribution in [2.24, 2.45) is 0 Å². The quantitative estimate of drug-likeness (QED) is 0.324. The van der Waals surface area contributed by atoms with Gasteiger partial charge < -0.3 is 30.4 Å². The number of amides is 1. The average Bonchev–Trinajstić information content (AvgIpc) is 2.83. The van der Waals surface area contributed by atoms with Crippen LogP contribution in [0.1, 0.15) is 56.3 Å². The first-order valence-electron chi connectivity index (χ1n) is 12.3. The fourth-order valence-electron chi connectivity index (χ4n) is 3.98. The van der Waals surface area contributed by atoms with Gasteiger partial charge in [0.2, 0.25) is 5.91 Å². The highest BCUT2D eigenvalue weighted by molar-refractivity contribution is 5.78. The summed E-state index contributed by atoms with van der Waals surface area (Å²) < 4.78 is 0. The molecule has 0 bridgehead atoms. The van der Waals surface area contributed by atoms with Crippen LogP contribution in [0.3, 0.4) is 0 Å². The number of pyridine rings is 1. The van der Waals surface area contributed by atoms with E-state index in [-0.39, 0.29) is 29.4 Å². The molecule has 2 aromatic rings. The van der Waals surface area contributed by atoms with Crippen LogP contribution in [0.4, 0.5) is 0 Å². The smallest absolute Gasteiger partial charge is 0.226 e. The maximum atomic E-state index is 12.7. The Morgan fingerprint density at radius 3 is 2.46 bits per heavy atom. The number of aromatic nitrogens is 1. The van der Waals surface area contributed by atoms with Gasteiger partial charge in [0.05, 0.1) is 18.7 Å². The third-order valence-corrected chi connectivity index (χ3v) is 6.30. The van der Waals surface area contributed by atoms with Crippen molar-refractivity contribution < 1.29 is 20.1 Å². The zero-order chi connectivity index (χ0) is 26.0. The maximum Gasteiger partial charge on any atom is 0.226 e. The van der Waals surface area contributed by atoms with E-state index in [1.807, 2.05) is 25.2 Å². The average molecular weight is 487 g/mol. The molecule has 1 aromatic heterocycles. The van der Waals surface area contributed by atoms with E-state index in [2.05, 4.69) is 49.0 Å². The lowest BCUT2D eigenvalue weighted by atomic mass is 9.93. The third kappa shape index (κ3) is 9.22. The second-order valence-corrected chi connectivity index (χ2v) is 9.66. The van der Waals surface area contributed by atoms with Gasteiger partial charge in [0, 0.05) is 32.2 Å². The lowest BCUT2D eigenvalue weighted by molar-refractivity contribution is -0.129. The fourth-order valence-corrected chi connectivity index (χ4v) is 3.98. The molecule has 1 atom stereocenters. The second kappa shape index (κ2) is 13.5. The van der Waals surface area contributed by atoms with Gasteiger partial charge in [-0.15, -0.1) is 0 Å². The summed E-state index contributed by atoms with van der Waals surface area (Å²) in [5.41, 5.74) is 2.31. The van der Waals surface area contributed by atoms with Crippen LogP contribution in [-0.2, 0) is 24.2 Å². The van der Waals surface area contributed by atoms with Crippen LogP contribution in [0.15, 0.2) is 36.4 Å². The molecule has 8 nitrogen and oxygen atoms in total. The van der Waals surface area contributed by atoms with Crippen molar-refractivity contribution >= 4 is 5.91 Å². The molecule has 8 heteroatoms. The topological polar surface area (TPSA) is 109 Å². The first-order valence-corrected chi connectivity index (χ1v) is 12.3. The van der Waals surface area contributed by atoms with Gasteiger partial charge in [-0.2, -0.15) is 0 Å². The van der Waals surface area contributed by atoms with Gasteiger partial charge in [0.15, 0.2) is 0 Å². The predicted molar refractivity (Wildman–Crippen MR) is 138 cm³/mol. The van der Waals surface area contributed by atoms with Gasteiger partial charge in [-0.05, 0) is 56.6 Å². The number of aliphatic hydroxyl groups excluding tert-OH is 2. The number of β-amino-alcohol motifs (C(OH)–C–C–N with tert-alkyl or cyclic N) is 1. The van der Waals surface area contributed by atoms with Crippen LogP contribution in [0, 0.1) is 0 Å². The highest BCUT2D eigenvalue weighted by Crippen LogP contribution is 2.20. The molecule has 35 heavy (non-hydrogen) atoms. The Bertz CT molecular complexity index is 947. The molecule has 0 aliphatic heterocycles. The summed E-state index contributed by atoms with van der Waals surface area (Å²) in [5.74, 6) is 0.0173. The molecule has 0 spiro atoms. The number of rotatable bonds is 14. The van der Waals surface area contributed by atoms with Crippen molar-refractivity contribution in [2.75, 3.05) is 39.8 Å². The second-order valence-electron chi connectivity index (χ2n) is 9.66. The Morgan fingerprint density at radius 1 is 1.11 bits per heavy atom.